The van der Waals surface area contributed by atoms with Gasteiger partial charge < -0.3 is 33.4 Å². The first-order valence-electron chi connectivity index (χ1n) is 17.1. The quantitative estimate of drug-likeness (QED) is 0.155. The van der Waals surface area contributed by atoms with Gasteiger partial charge in [0.2, 0.25) is 0 Å². The zero-order valence-corrected chi connectivity index (χ0v) is 29.7. The zero-order chi connectivity index (χ0) is 35.2. The second-order valence-corrected chi connectivity index (χ2v) is 14.3. The molecule has 0 bridgehead atoms. The Labute approximate surface area is 300 Å². The second kappa shape index (κ2) is 13.5. The number of carbonyl (C=O) groups is 2. The first-order chi connectivity index (χ1) is 24.9. The molecule has 2 aromatic heterocycles. The minimum atomic E-state index is -1.00. The molecule has 1 N–H and O–H groups in total. The number of ether oxygens (including phenoxy) is 3. The van der Waals surface area contributed by atoms with E-state index in [-0.39, 0.29) is 11.5 Å². The number of hydrogen-bond acceptors (Lipinski definition) is 7. The number of methoxy groups -OCH3 is 2. The van der Waals surface area contributed by atoms with Crippen LogP contribution in [-0.4, -0.2) is 64.6 Å². The number of aromatic carboxylic acids is 1. The number of benzene rings is 4. The van der Waals surface area contributed by atoms with Crippen LogP contribution in [0.3, 0.4) is 0 Å². The minimum absolute atomic E-state index is 0.202. The Kier molecular flexibility index (Phi) is 8.73. The largest absolute Gasteiger partial charge is 0.497 e. The highest BCUT2D eigenvalue weighted by molar-refractivity contribution is 7.99. The van der Waals surface area contributed by atoms with Crippen LogP contribution in [0.1, 0.15) is 59.8 Å². The van der Waals surface area contributed by atoms with Gasteiger partial charge in [0.15, 0.2) is 5.44 Å². The van der Waals surface area contributed by atoms with Gasteiger partial charge in [-0.2, -0.15) is 0 Å². The molecule has 1 atom stereocenters. The molecular formula is C41H39N3O6S. The van der Waals surface area contributed by atoms with Gasteiger partial charge in [0.25, 0.3) is 0 Å². The van der Waals surface area contributed by atoms with Crippen molar-refractivity contribution < 1.29 is 28.9 Å². The molecule has 2 aliphatic heterocycles. The predicted molar refractivity (Wildman–Crippen MR) is 199 cm³/mol. The molecule has 4 heterocycles. The minimum Gasteiger partial charge on any atom is -0.497 e. The van der Waals surface area contributed by atoms with Crippen molar-refractivity contribution in [1.29, 1.82) is 0 Å². The number of nitrogens with zero attached hydrogens (tertiary/aromatic N) is 3. The van der Waals surface area contributed by atoms with Crippen molar-refractivity contribution in [2.75, 3.05) is 33.6 Å². The molecule has 10 heteroatoms. The van der Waals surface area contributed by atoms with E-state index in [0.717, 1.165) is 70.7 Å². The van der Waals surface area contributed by atoms with E-state index in [1.54, 1.807) is 44.2 Å². The number of rotatable bonds is 9. The second-order valence-electron chi connectivity index (χ2n) is 13.2. The van der Waals surface area contributed by atoms with Gasteiger partial charge in [0, 0.05) is 76.1 Å². The van der Waals surface area contributed by atoms with Crippen molar-refractivity contribution in [3.05, 3.63) is 130 Å². The van der Waals surface area contributed by atoms with Gasteiger partial charge >= 0.3 is 11.9 Å². The molecule has 0 aliphatic carbocycles. The predicted octanol–water partition coefficient (Wildman–Crippen LogP) is 7.54. The lowest BCUT2D eigenvalue weighted by Gasteiger charge is -2.25. The van der Waals surface area contributed by atoms with E-state index in [9.17, 15) is 14.7 Å². The van der Waals surface area contributed by atoms with Crippen LogP contribution < -0.4 is 9.47 Å². The number of carboxylic acids is 1. The summed E-state index contributed by atoms with van der Waals surface area (Å²) >= 11 is 1.62. The number of fused-ring (bicyclic) bond motifs is 6. The molecule has 9 nitrogen and oxygen atoms in total. The lowest BCUT2D eigenvalue weighted by atomic mass is 10.0. The number of carboxylic acid groups (broad SMARTS) is 1. The van der Waals surface area contributed by atoms with Gasteiger partial charge in [-0.05, 0) is 67.1 Å². The Balaban J connectivity index is 1.15. The molecule has 0 spiro atoms. The smallest absolute Gasteiger partial charge is 0.339 e. The summed E-state index contributed by atoms with van der Waals surface area (Å²) in [7, 11) is 5.40. The van der Waals surface area contributed by atoms with Gasteiger partial charge in [-0.3, -0.25) is 0 Å². The highest BCUT2D eigenvalue weighted by atomic mass is 32.2. The Morgan fingerprint density at radius 3 is 2.41 bits per heavy atom. The van der Waals surface area contributed by atoms with Crippen LogP contribution >= 0.6 is 11.8 Å². The lowest BCUT2D eigenvalue weighted by Crippen LogP contribution is -2.27. The van der Waals surface area contributed by atoms with Crippen LogP contribution in [-0.2, 0) is 37.2 Å². The summed E-state index contributed by atoms with van der Waals surface area (Å²) in [6, 6.07) is 27.1. The topological polar surface area (TPSA) is 95.2 Å². The number of thioether (sulfide) groups is 1. The first-order valence-corrected chi connectivity index (χ1v) is 18.2. The Morgan fingerprint density at radius 1 is 0.824 bits per heavy atom. The molecular weight excluding hydrogens is 663 g/mol. The van der Waals surface area contributed by atoms with Crippen molar-refractivity contribution in [2.24, 2.45) is 0 Å². The van der Waals surface area contributed by atoms with Crippen molar-refractivity contribution >= 4 is 45.5 Å². The van der Waals surface area contributed by atoms with Gasteiger partial charge in [-0.15, -0.1) is 11.8 Å². The van der Waals surface area contributed by atoms with Crippen molar-refractivity contribution in [3.8, 4) is 11.5 Å². The Morgan fingerprint density at radius 2 is 1.59 bits per heavy atom. The molecule has 0 saturated carbocycles. The molecule has 1 unspecified atom stereocenters. The van der Waals surface area contributed by atoms with E-state index >= 15 is 0 Å². The molecule has 0 saturated heterocycles. The summed E-state index contributed by atoms with van der Waals surface area (Å²) in [5, 5.41) is 12.2. The summed E-state index contributed by atoms with van der Waals surface area (Å²) < 4.78 is 22.2. The maximum absolute atomic E-state index is 14.2. The number of esters is 1. The van der Waals surface area contributed by atoms with Crippen LogP contribution in [0.5, 0.6) is 11.5 Å². The standard InChI is InChI=1S/C41H39N3O6S/c1-42-19-17-35-31(23-42)30-21-26(48-2)15-16-34(30)43(35)22-25-9-4-5-10-27(25)40(47)50-41-38-29-11-6-7-13-33(29)44(36(38)18-20-51-41)24-32-28(39(45)46)12-8-14-37(32)49-3/h4-16,21,41H,17-20,22-24H2,1-3H3,(H,45,46). The highest BCUT2D eigenvalue weighted by Gasteiger charge is 2.32. The number of hydrogen-bond donors (Lipinski definition) is 1. The fourth-order valence-electron chi connectivity index (χ4n) is 7.87. The molecule has 4 aromatic carbocycles. The summed E-state index contributed by atoms with van der Waals surface area (Å²) in [6.45, 7) is 2.68. The van der Waals surface area contributed by atoms with Crippen molar-refractivity contribution in [2.45, 2.75) is 37.9 Å². The third-order valence-corrected chi connectivity index (χ3v) is 11.4. The van der Waals surface area contributed by atoms with Crippen LogP contribution in [0.4, 0.5) is 0 Å². The van der Waals surface area contributed by atoms with Crippen LogP contribution in [0, 0.1) is 0 Å². The summed E-state index contributed by atoms with van der Waals surface area (Å²) in [5.74, 6) is 0.734. The average Bonchev–Trinajstić information content (AvgIpc) is 3.63. The van der Waals surface area contributed by atoms with Crippen LogP contribution in [0.25, 0.3) is 21.8 Å². The summed E-state index contributed by atoms with van der Waals surface area (Å²) in [5.41, 5.74) is 8.40. The highest BCUT2D eigenvalue weighted by Crippen LogP contribution is 2.45. The first kappa shape index (κ1) is 33.0. The number of para-hydroxylation sites is 1. The van der Waals surface area contributed by atoms with Gasteiger partial charge in [0.1, 0.15) is 11.5 Å². The fraction of sp³-hybridized carbons (Fsp3) is 0.268. The Hall–Kier alpha value is -5.19. The van der Waals surface area contributed by atoms with E-state index in [1.165, 1.54) is 16.6 Å². The van der Waals surface area contributed by atoms with Gasteiger partial charge in [0.05, 0.1) is 31.9 Å². The monoisotopic (exact) mass is 701 g/mol. The van der Waals surface area contributed by atoms with E-state index in [4.69, 9.17) is 14.2 Å². The van der Waals surface area contributed by atoms with Crippen LogP contribution in [0.2, 0.25) is 0 Å². The maximum Gasteiger partial charge on any atom is 0.339 e. The molecule has 8 rings (SSSR count). The summed E-state index contributed by atoms with van der Waals surface area (Å²) in [4.78, 5) is 28.8. The van der Waals surface area contributed by atoms with Gasteiger partial charge in [-0.1, -0.05) is 42.5 Å². The van der Waals surface area contributed by atoms with Crippen molar-refractivity contribution in [1.82, 2.24) is 14.0 Å². The molecule has 0 amide bonds. The number of aromatic nitrogens is 2. The molecule has 0 radical (unpaired) electrons. The molecule has 51 heavy (non-hydrogen) atoms. The average molecular weight is 702 g/mol. The van der Waals surface area contributed by atoms with Crippen LogP contribution in [0.15, 0.2) is 84.9 Å². The SMILES string of the molecule is COc1ccc2c(c1)c1c(n2Cc2ccccc2C(=O)OC2SCCc3c2c2ccccc2n3Cc2c(OC)cccc2C(=O)O)CCN(C)C1. The third-order valence-electron chi connectivity index (χ3n) is 10.3. The lowest BCUT2D eigenvalue weighted by molar-refractivity contribution is 0.0454. The van der Waals surface area contributed by atoms with Crippen molar-refractivity contribution in [3.63, 3.8) is 0 Å². The molecule has 6 aromatic rings. The van der Waals surface area contributed by atoms with E-state index in [2.05, 4.69) is 39.3 Å². The van der Waals surface area contributed by atoms with Gasteiger partial charge in [-0.25, -0.2) is 9.59 Å². The fourth-order valence-corrected chi connectivity index (χ4v) is 8.98. The normalized spacial score (nSPS) is 15.8. The third kappa shape index (κ3) is 5.82. The van der Waals surface area contributed by atoms with E-state index in [1.807, 2.05) is 48.5 Å². The Bertz CT molecular complexity index is 2320. The zero-order valence-electron chi connectivity index (χ0n) is 28.8. The molecule has 0 fully saturated rings. The molecule has 260 valence electrons. The van der Waals surface area contributed by atoms with E-state index in [0.29, 0.717) is 30.0 Å². The number of likely N-dealkylation sites (N-methyl/N-ethyl adjacent to an activating group) is 1. The summed E-state index contributed by atoms with van der Waals surface area (Å²) in [6.07, 6.45) is 1.67. The molecule has 2 aliphatic rings. The maximum atomic E-state index is 14.2. The van der Waals surface area contributed by atoms with E-state index < -0.39 is 11.4 Å². The number of carbonyl (C=O) groups excluding carboxylic acids is 1.